The van der Waals surface area contributed by atoms with Crippen LogP contribution in [0.3, 0.4) is 0 Å². The topological polar surface area (TPSA) is 52.6 Å². The second-order valence-electron chi connectivity index (χ2n) is 3.33. The molecule has 16 heavy (non-hydrogen) atoms. The monoisotopic (exact) mass is 222 g/mol. The van der Waals surface area contributed by atoms with Gasteiger partial charge in [-0.15, -0.1) is 0 Å². The molecule has 0 aromatic heterocycles. The van der Waals surface area contributed by atoms with E-state index < -0.39 is 0 Å². The van der Waals surface area contributed by atoms with Crippen LogP contribution in [0.5, 0.6) is 5.75 Å². The number of carbonyl (C=O) groups excluding carboxylic acids is 2. The van der Waals surface area contributed by atoms with Gasteiger partial charge in [-0.05, 0) is 30.7 Å². The molecular formula is C12H14O4. The molecule has 0 saturated heterocycles. The minimum Gasteiger partial charge on any atom is -0.490 e. The van der Waals surface area contributed by atoms with Crippen molar-refractivity contribution >= 4 is 12.3 Å². The molecule has 0 bridgehead atoms. The third-order valence-electron chi connectivity index (χ3n) is 1.98. The van der Waals surface area contributed by atoms with Crippen molar-refractivity contribution in [3.63, 3.8) is 0 Å². The number of benzene rings is 1. The summed E-state index contributed by atoms with van der Waals surface area (Å²) in [4.78, 5) is 21.0. The number of aldehydes is 1. The van der Waals surface area contributed by atoms with E-state index in [9.17, 15) is 9.59 Å². The van der Waals surface area contributed by atoms with E-state index >= 15 is 0 Å². The zero-order valence-corrected chi connectivity index (χ0v) is 9.36. The molecule has 1 rings (SSSR count). The summed E-state index contributed by atoms with van der Waals surface area (Å²) in [7, 11) is 0. The van der Waals surface area contributed by atoms with Gasteiger partial charge in [0, 0.05) is 12.5 Å². The van der Waals surface area contributed by atoms with Crippen LogP contribution in [0.2, 0.25) is 0 Å². The summed E-state index contributed by atoms with van der Waals surface area (Å²) in [6.45, 7) is 3.74. The van der Waals surface area contributed by atoms with Crippen molar-refractivity contribution in [1.82, 2.24) is 0 Å². The SMILES string of the molecule is CC(=O)OCCOc1ccc(C=O)cc1C. The predicted octanol–water partition coefficient (Wildman–Crippen LogP) is 1.75. The summed E-state index contributed by atoms with van der Waals surface area (Å²) in [6.07, 6.45) is 0.787. The molecule has 0 aliphatic carbocycles. The first-order chi connectivity index (χ1) is 7.63. The van der Waals surface area contributed by atoms with E-state index in [0.29, 0.717) is 17.9 Å². The molecule has 0 saturated carbocycles. The van der Waals surface area contributed by atoms with Crippen molar-refractivity contribution in [3.8, 4) is 5.75 Å². The van der Waals surface area contributed by atoms with Crippen LogP contribution >= 0.6 is 0 Å². The standard InChI is InChI=1S/C12H14O4/c1-9-7-11(8-13)3-4-12(9)16-6-5-15-10(2)14/h3-4,7-8H,5-6H2,1-2H3. The van der Waals surface area contributed by atoms with Gasteiger partial charge in [-0.1, -0.05) is 0 Å². The minimum atomic E-state index is -0.323. The van der Waals surface area contributed by atoms with Gasteiger partial charge in [0.2, 0.25) is 0 Å². The van der Waals surface area contributed by atoms with Crippen LogP contribution in [-0.2, 0) is 9.53 Å². The summed E-state index contributed by atoms with van der Waals surface area (Å²) >= 11 is 0. The molecule has 0 amide bonds. The van der Waals surface area contributed by atoms with E-state index in [0.717, 1.165) is 11.8 Å². The fourth-order valence-electron chi connectivity index (χ4n) is 1.24. The molecule has 86 valence electrons. The molecule has 1 aromatic rings. The number of esters is 1. The zero-order chi connectivity index (χ0) is 12.0. The molecule has 0 heterocycles. The Bertz CT molecular complexity index is 385. The molecular weight excluding hydrogens is 208 g/mol. The largest absolute Gasteiger partial charge is 0.490 e. The summed E-state index contributed by atoms with van der Waals surface area (Å²) in [6, 6.07) is 5.15. The highest BCUT2D eigenvalue weighted by Gasteiger charge is 2.01. The molecule has 0 unspecified atom stereocenters. The van der Waals surface area contributed by atoms with E-state index in [-0.39, 0.29) is 12.6 Å². The first kappa shape index (κ1) is 12.2. The zero-order valence-electron chi connectivity index (χ0n) is 9.36. The van der Waals surface area contributed by atoms with Gasteiger partial charge in [0.25, 0.3) is 0 Å². The van der Waals surface area contributed by atoms with Gasteiger partial charge >= 0.3 is 5.97 Å². The molecule has 0 aliphatic rings. The Morgan fingerprint density at radius 2 is 2.12 bits per heavy atom. The van der Waals surface area contributed by atoms with Crippen molar-refractivity contribution in [1.29, 1.82) is 0 Å². The Labute approximate surface area is 94.2 Å². The maximum atomic E-state index is 10.5. The Morgan fingerprint density at radius 1 is 1.38 bits per heavy atom. The van der Waals surface area contributed by atoms with E-state index in [1.807, 2.05) is 6.92 Å². The van der Waals surface area contributed by atoms with E-state index in [1.54, 1.807) is 18.2 Å². The number of ether oxygens (including phenoxy) is 2. The van der Waals surface area contributed by atoms with Crippen LogP contribution < -0.4 is 4.74 Å². The van der Waals surface area contributed by atoms with E-state index in [4.69, 9.17) is 9.47 Å². The van der Waals surface area contributed by atoms with Crippen LogP contribution in [0.4, 0.5) is 0 Å². The molecule has 4 nitrogen and oxygen atoms in total. The van der Waals surface area contributed by atoms with Gasteiger partial charge in [-0.25, -0.2) is 0 Å². The molecule has 1 aromatic carbocycles. The third-order valence-corrected chi connectivity index (χ3v) is 1.98. The van der Waals surface area contributed by atoms with Crippen molar-refractivity contribution < 1.29 is 19.1 Å². The lowest BCUT2D eigenvalue weighted by Crippen LogP contribution is -2.10. The normalized spacial score (nSPS) is 9.62. The second kappa shape index (κ2) is 5.90. The third kappa shape index (κ3) is 3.73. The highest BCUT2D eigenvalue weighted by Crippen LogP contribution is 2.18. The maximum Gasteiger partial charge on any atom is 0.302 e. The van der Waals surface area contributed by atoms with Crippen LogP contribution in [-0.4, -0.2) is 25.5 Å². The first-order valence-corrected chi connectivity index (χ1v) is 4.95. The van der Waals surface area contributed by atoms with Crippen molar-refractivity contribution in [2.24, 2.45) is 0 Å². The molecule has 0 spiro atoms. The quantitative estimate of drug-likeness (QED) is 0.432. The van der Waals surface area contributed by atoms with Crippen LogP contribution in [0, 0.1) is 6.92 Å². The lowest BCUT2D eigenvalue weighted by atomic mass is 10.1. The van der Waals surface area contributed by atoms with Gasteiger partial charge < -0.3 is 9.47 Å². The number of hydrogen-bond donors (Lipinski definition) is 0. The Kier molecular flexibility index (Phi) is 4.51. The van der Waals surface area contributed by atoms with Gasteiger partial charge in [-0.3, -0.25) is 9.59 Å². The fraction of sp³-hybridized carbons (Fsp3) is 0.333. The number of rotatable bonds is 5. The van der Waals surface area contributed by atoms with E-state index in [1.165, 1.54) is 6.92 Å². The minimum absolute atomic E-state index is 0.226. The van der Waals surface area contributed by atoms with E-state index in [2.05, 4.69) is 0 Å². The number of aryl methyl sites for hydroxylation is 1. The Morgan fingerprint density at radius 3 is 2.69 bits per heavy atom. The van der Waals surface area contributed by atoms with Crippen LogP contribution in [0.1, 0.15) is 22.8 Å². The molecule has 0 radical (unpaired) electrons. The molecule has 0 fully saturated rings. The van der Waals surface area contributed by atoms with Gasteiger partial charge in [0.15, 0.2) is 0 Å². The van der Waals surface area contributed by atoms with Crippen molar-refractivity contribution in [2.45, 2.75) is 13.8 Å². The number of hydrogen-bond acceptors (Lipinski definition) is 4. The first-order valence-electron chi connectivity index (χ1n) is 4.95. The molecule has 4 heteroatoms. The van der Waals surface area contributed by atoms with Crippen molar-refractivity contribution in [3.05, 3.63) is 29.3 Å². The number of carbonyl (C=O) groups is 2. The van der Waals surface area contributed by atoms with Gasteiger partial charge in [0.05, 0.1) is 0 Å². The summed E-state index contributed by atoms with van der Waals surface area (Å²) in [5.41, 5.74) is 1.50. The maximum absolute atomic E-state index is 10.5. The Hall–Kier alpha value is -1.84. The highest BCUT2D eigenvalue weighted by atomic mass is 16.6. The average Bonchev–Trinajstić information content (AvgIpc) is 2.25. The summed E-state index contributed by atoms with van der Waals surface area (Å²) < 4.78 is 10.1. The smallest absolute Gasteiger partial charge is 0.302 e. The van der Waals surface area contributed by atoms with Gasteiger partial charge in [-0.2, -0.15) is 0 Å². The highest BCUT2D eigenvalue weighted by molar-refractivity contribution is 5.75. The van der Waals surface area contributed by atoms with Crippen LogP contribution in [0.15, 0.2) is 18.2 Å². The molecule has 0 aliphatic heterocycles. The second-order valence-corrected chi connectivity index (χ2v) is 3.33. The Balaban J connectivity index is 2.48. The van der Waals surface area contributed by atoms with Gasteiger partial charge in [0.1, 0.15) is 25.2 Å². The average molecular weight is 222 g/mol. The summed E-state index contributed by atoms with van der Waals surface area (Å²) in [5, 5.41) is 0. The van der Waals surface area contributed by atoms with Crippen LogP contribution in [0.25, 0.3) is 0 Å². The molecule has 0 N–H and O–H groups in total. The predicted molar refractivity (Wildman–Crippen MR) is 58.7 cm³/mol. The van der Waals surface area contributed by atoms with Crippen molar-refractivity contribution in [2.75, 3.05) is 13.2 Å². The lowest BCUT2D eigenvalue weighted by Gasteiger charge is -2.09. The lowest BCUT2D eigenvalue weighted by molar-refractivity contribution is -0.141. The fourth-order valence-corrected chi connectivity index (χ4v) is 1.24. The summed E-state index contributed by atoms with van der Waals surface area (Å²) in [5.74, 6) is 0.370. The molecule has 0 atom stereocenters.